The van der Waals surface area contributed by atoms with Crippen LogP contribution in [0.25, 0.3) is 0 Å². The smallest absolute Gasteiger partial charge is 0.326 e. The van der Waals surface area contributed by atoms with Crippen molar-refractivity contribution >= 4 is 27.8 Å². The van der Waals surface area contributed by atoms with Crippen LogP contribution in [-0.2, 0) is 4.79 Å². The number of rotatable bonds is 4. The van der Waals surface area contributed by atoms with E-state index in [-0.39, 0.29) is 21.5 Å². The largest absolute Gasteiger partial charge is 0.480 e. The van der Waals surface area contributed by atoms with Crippen molar-refractivity contribution in [2.24, 2.45) is 5.92 Å². The Morgan fingerprint density at radius 2 is 2.06 bits per heavy atom. The Kier molecular flexibility index (Phi) is 4.66. The van der Waals surface area contributed by atoms with Crippen LogP contribution in [0.3, 0.4) is 0 Å². The zero-order valence-corrected chi connectivity index (χ0v) is 11.4. The van der Waals surface area contributed by atoms with Crippen LogP contribution in [0.5, 0.6) is 0 Å². The van der Waals surface area contributed by atoms with Crippen LogP contribution in [0, 0.1) is 5.92 Å². The Balaban J connectivity index is 2.90. The Bertz CT molecular complexity index is 524. The highest BCUT2D eigenvalue weighted by atomic mass is 79.9. The van der Waals surface area contributed by atoms with Crippen molar-refractivity contribution < 1.29 is 14.7 Å². The topological polar surface area (TPSA) is 99.3 Å². The lowest BCUT2D eigenvalue weighted by Crippen LogP contribution is -2.44. The van der Waals surface area contributed by atoms with Gasteiger partial charge in [-0.3, -0.25) is 9.59 Å². The van der Waals surface area contributed by atoms with E-state index in [2.05, 4.69) is 26.2 Å². The van der Waals surface area contributed by atoms with E-state index in [4.69, 9.17) is 5.11 Å². The number of halogens is 1. The third-order valence-electron chi connectivity index (χ3n) is 2.34. The molecule has 3 N–H and O–H groups in total. The summed E-state index contributed by atoms with van der Waals surface area (Å²) in [6.07, 6.45) is 1.24. The first-order valence-corrected chi connectivity index (χ1v) is 6.04. The summed E-state index contributed by atoms with van der Waals surface area (Å²) in [6, 6.07) is 0.371. The number of hydrogen-bond acceptors (Lipinski definition) is 3. The summed E-state index contributed by atoms with van der Waals surface area (Å²) in [5.41, 5.74) is -0.168. The monoisotopic (exact) mass is 316 g/mol. The van der Waals surface area contributed by atoms with Gasteiger partial charge in [0.15, 0.2) is 0 Å². The number of H-pyrrole nitrogens is 1. The number of pyridine rings is 1. The van der Waals surface area contributed by atoms with Crippen molar-refractivity contribution in [1.29, 1.82) is 0 Å². The molecule has 6 nitrogen and oxygen atoms in total. The number of carboxylic acids is 1. The fraction of sp³-hybridized carbons (Fsp3) is 0.364. The van der Waals surface area contributed by atoms with Crippen LogP contribution in [0.2, 0.25) is 0 Å². The molecule has 0 aliphatic heterocycles. The highest BCUT2D eigenvalue weighted by Gasteiger charge is 2.24. The van der Waals surface area contributed by atoms with E-state index in [9.17, 15) is 14.4 Å². The fourth-order valence-electron chi connectivity index (χ4n) is 1.33. The minimum atomic E-state index is -1.10. The van der Waals surface area contributed by atoms with E-state index in [1.165, 1.54) is 12.3 Å². The number of aromatic nitrogens is 1. The molecule has 1 aromatic rings. The molecule has 0 saturated carbocycles. The minimum Gasteiger partial charge on any atom is -0.480 e. The summed E-state index contributed by atoms with van der Waals surface area (Å²) < 4.78 is 0.214. The van der Waals surface area contributed by atoms with Crippen LogP contribution < -0.4 is 10.9 Å². The fourth-order valence-corrected chi connectivity index (χ4v) is 1.69. The third-order valence-corrected chi connectivity index (χ3v) is 2.93. The average Bonchev–Trinajstić information content (AvgIpc) is 2.28. The SMILES string of the molecule is CC(C)C(NC(=O)c1c[nH]c(=O)c(Br)c1)C(=O)O. The Morgan fingerprint density at radius 1 is 1.44 bits per heavy atom. The molecule has 98 valence electrons. The summed E-state index contributed by atoms with van der Waals surface area (Å²) in [6.45, 7) is 3.39. The van der Waals surface area contributed by atoms with Crippen molar-refractivity contribution in [3.8, 4) is 0 Å². The number of nitrogens with one attached hydrogen (secondary N) is 2. The van der Waals surface area contributed by atoms with Gasteiger partial charge in [0.1, 0.15) is 6.04 Å². The lowest BCUT2D eigenvalue weighted by Gasteiger charge is -2.17. The third kappa shape index (κ3) is 3.43. The Hall–Kier alpha value is -1.63. The van der Waals surface area contributed by atoms with E-state index >= 15 is 0 Å². The van der Waals surface area contributed by atoms with E-state index in [0.29, 0.717) is 0 Å². The van der Waals surface area contributed by atoms with Gasteiger partial charge in [0.2, 0.25) is 0 Å². The molecular weight excluding hydrogens is 304 g/mol. The van der Waals surface area contributed by atoms with Crippen LogP contribution in [0.15, 0.2) is 21.5 Å². The molecule has 0 aliphatic rings. The van der Waals surface area contributed by atoms with Crippen molar-refractivity contribution in [2.75, 3.05) is 0 Å². The summed E-state index contributed by atoms with van der Waals surface area (Å²) in [5.74, 6) is -1.88. The van der Waals surface area contributed by atoms with E-state index in [1.54, 1.807) is 13.8 Å². The van der Waals surface area contributed by atoms with Gasteiger partial charge in [0.05, 0.1) is 10.0 Å². The minimum absolute atomic E-state index is 0.188. The van der Waals surface area contributed by atoms with Crippen molar-refractivity contribution in [3.05, 3.63) is 32.7 Å². The lowest BCUT2D eigenvalue weighted by molar-refractivity contribution is -0.140. The van der Waals surface area contributed by atoms with Gasteiger partial charge in [-0.05, 0) is 27.9 Å². The second-order valence-corrected chi connectivity index (χ2v) is 4.95. The van der Waals surface area contributed by atoms with Gasteiger partial charge < -0.3 is 15.4 Å². The van der Waals surface area contributed by atoms with Crippen molar-refractivity contribution in [2.45, 2.75) is 19.9 Å². The lowest BCUT2D eigenvalue weighted by atomic mass is 10.0. The van der Waals surface area contributed by atoms with Gasteiger partial charge >= 0.3 is 5.97 Å². The van der Waals surface area contributed by atoms with Crippen LogP contribution in [0.1, 0.15) is 24.2 Å². The van der Waals surface area contributed by atoms with Gasteiger partial charge in [0.25, 0.3) is 11.5 Å². The maximum atomic E-state index is 11.8. The Morgan fingerprint density at radius 3 is 2.50 bits per heavy atom. The summed E-state index contributed by atoms with van der Waals surface area (Å²) in [4.78, 5) is 36.2. The standard InChI is InChI=1S/C11H13BrN2O4/c1-5(2)8(11(17)18)14-9(15)6-3-7(12)10(16)13-4-6/h3-5,8H,1-2H3,(H,13,16)(H,14,15)(H,17,18). The number of amides is 1. The molecule has 0 aliphatic carbocycles. The molecule has 1 amide bonds. The molecule has 18 heavy (non-hydrogen) atoms. The molecule has 0 spiro atoms. The maximum absolute atomic E-state index is 11.8. The molecule has 1 rings (SSSR count). The second-order valence-electron chi connectivity index (χ2n) is 4.10. The summed E-state index contributed by atoms with van der Waals surface area (Å²) >= 11 is 3.00. The zero-order valence-electron chi connectivity index (χ0n) is 9.86. The van der Waals surface area contributed by atoms with Crippen molar-refractivity contribution in [3.63, 3.8) is 0 Å². The van der Waals surface area contributed by atoms with Crippen molar-refractivity contribution in [1.82, 2.24) is 10.3 Å². The molecule has 1 unspecified atom stereocenters. The quantitative estimate of drug-likeness (QED) is 0.771. The number of aliphatic carboxylic acids is 1. The normalized spacial score (nSPS) is 12.2. The van der Waals surface area contributed by atoms with Gasteiger partial charge in [0, 0.05) is 6.20 Å². The van der Waals surface area contributed by atoms with Gasteiger partial charge in [-0.1, -0.05) is 13.8 Å². The summed E-state index contributed by atoms with van der Waals surface area (Å²) in [5, 5.41) is 11.4. The first kappa shape index (κ1) is 14.4. The maximum Gasteiger partial charge on any atom is 0.326 e. The predicted molar refractivity (Wildman–Crippen MR) is 68.5 cm³/mol. The molecule has 1 atom stereocenters. The number of hydrogen-bond donors (Lipinski definition) is 3. The van der Waals surface area contributed by atoms with E-state index < -0.39 is 17.9 Å². The van der Waals surface area contributed by atoms with Crippen LogP contribution in [-0.4, -0.2) is 28.0 Å². The second kappa shape index (κ2) is 5.81. The van der Waals surface area contributed by atoms with Crippen LogP contribution in [0.4, 0.5) is 0 Å². The van der Waals surface area contributed by atoms with E-state index in [1.807, 2.05) is 0 Å². The average molecular weight is 317 g/mol. The molecule has 1 aromatic heterocycles. The number of carbonyl (C=O) groups is 2. The number of carboxylic acid groups (broad SMARTS) is 1. The van der Waals surface area contributed by atoms with Gasteiger partial charge in [-0.15, -0.1) is 0 Å². The first-order valence-electron chi connectivity index (χ1n) is 5.25. The Labute approximate surface area is 112 Å². The molecule has 0 fully saturated rings. The molecule has 7 heteroatoms. The zero-order chi connectivity index (χ0) is 13.9. The van der Waals surface area contributed by atoms with Gasteiger partial charge in [-0.2, -0.15) is 0 Å². The molecule has 0 bridgehead atoms. The predicted octanol–water partition coefficient (Wildman–Crippen LogP) is 0.976. The summed E-state index contributed by atoms with van der Waals surface area (Å²) in [7, 11) is 0. The highest BCUT2D eigenvalue weighted by Crippen LogP contribution is 2.07. The molecule has 0 aromatic carbocycles. The highest BCUT2D eigenvalue weighted by molar-refractivity contribution is 9.10. The van der Waals surface area contributed by atoms with E-state index in [0.717, 1.165) is 0 Å². The molecule has 1 heterocycles. The molecular formula is C11H13BrN2O4. The molecule has 0 radical (unpaired) electrons. The number of aromatic amines is 1. The van der Waals surface area contributed by atoms with Gasteiger partial charge in [-0.25, -0.2) is 4.79 Å². The van der Waals surface area contributed by atoms with Crippen LogP contribution >= 0.6 is 15.9 Å². The first-order chi connectivity index (χ1) is 8.32. The molecule has 0 saturated heterocycles. The number of carbonyl (C=O) groups excluding carboxylic acids is 1.